The quantitative estimate of drug-likeness (QED) is 0.498. The van der Waals surface area contributed by atoms with E-state index in [2.05, 4.69) is 58.6 Å². The monoisotopic (exact) mass is 402 g/mol. The fourth-order valence-corrected chi connectivity index (χ4v) is 4.05. The zero-order valence-corrected chi connectivity index (χ0v) is 17.7. The van der Waals surface area contributed by atoms with Crippen LogP contribution in [0.4, 0.5) is 5.69 Å². The first-order valence-corrected chi connectivity index (χ1v) is 11.2. The molecule has 0 saturated carbocycles. The van der Waals surface area contributed by atoms with Gasteiger partial charge in [0.1, 0.15) is 0 Å². The minimum atomic E-state index is -3.30. The van der Waals surface area contributed by atoms with Gasteiger partial charge in [-0.1, -0.05) is 30.3 Å². The summed E-state index contributed by atoms with van der Waals surface area (Å²) in [6.45, 7) is 6.95. The number of nitrogens with zero attached hydrogens (tertiary/aromatic N) is 2. The van der Waals surface area contributed by atoms with Gasteiger partial charge in [-0.15, -0.1) is 0 Å². The lowest BCUT2D eigenvalue weighted by atomic mass is 10.2. The molecule has 7 heteroatoms. The SMILES string of the molecule is CCN(CCNC(=NC)NCCS(=O)(=O)c1ccccc1)c1cccc(C)c1. The molecule has 0 aliphatic rings. The second-order valence-electron chi connectivity index (χ2n) is 6.48. The molecule has 0 heterocycles. The fraction of sp³-hybridized carbons (Fsp3) is 0.381. The third-order valence-corrected chi connectivity index (χ3v) is 6.14. The first-order valence-electron chi connectivity index (χ1n) is 9.50. The molecular weight excluding hydrogens is 372 g/mol. The Morgan fingerprint density at radius 1 is 1.04 bits per heavy atom. The number of hydrogen-bond acceptors (Lipinski definition) is 4. The number of likely N-dealkylation sites (N-methyl/N-ethyl adjacent to an activating group) is 1. The number of nitrogens with one attached hydrogen (secondary N) is 2. The number of hydrogen-bond donors (Lipinski definition) is 2. The Labute approximate surface area is 168 Å². The molecule has 0 aliphatic carbocycles. The molecule has 0 aliphatic heterocycles. The molecule has 0 atom stereocenters. The van der Waals surface area contributed by atoms with Gasteiger partial charge in [-0.05, 0) is 43.7 Å². The minimum Gasteiger partial charge on any atom is -0.370 e. The number of benzene rings is 2. The van der Waals surface area contributed by atoms with E-state index in [4.69, 9.17) is 0 Å². The molecule has 0 saturated heterocycles. The highest BCUT2D eigenvalue weighted by atomic mass is 32.2. The molecule has 2 aromatic carbocycles. The Morgan fingerprint density at radius 3 is 2.39 bits per heavy atom. The van der Waals surface area contributed by atoms with Crippen molar-refractivity contribution in [2.24, 2.45) is 4.99 Å². The van der Waals surface area contributed by atoms with Crippen LogP contribution in [0.25, 0.3) is 0 Å². The van der Waals surface area contributed by atoms with Gasteiger partial charge in [0.25, 0.3) is 0 Å². The summed E-state index contributed by atoms with van der Waals surface area (Å²) in [6, 6.07) is 16.9. The van der Waals surface area contributed by atoms with E-state index in [1.54, 1.807) is 37.4 Å². The second kappa shape index (κ2) is 10.7. The molecule has 2 aromatic rings. The number of anilines is 1. The Hall–Kier alpha value is -2.54. The van der Waals surface area contributed by atoms with Crippen LogP contribution in [0.1, 0.15) is 12.5 Å². The minimum absolute atomic E-state index is 0.0160. The third-order valence-electron chi connectivity index (χ3n) is 4.41. The van der Waals surface area contributed by atoms with Crippen LogP contribution >= 0.6 is 0 Å². The summed E-state index contributed by atoms with van der Waals surface area (Å²) in [5, 5.41) is 6.32. The molecule has 0 spiro atoms. The fourth-order valence-electron chi connectivity index (χ4n) is 2.87. The van der Waals surface area contributed by atoms with E-state index in [-0.39, 0.29) is 5.75 Å². The number of aliphatic imine (C=N–C) groups is 1. The van der Waals surface area contributed by atoms with Crippen LogP contribution in [0.5, 0.6) is 0 Å². The van der Waals surface area contributed by atoms with Gasteiger partial charge >= 0.3 is 0 Å². The lowest BCUT2D eigenvalue weighted by molar-refractivity contribution is 0.594. The molecule has 2 rings (SSSR count). The topological polar surface area (TPSA) is 73.8 Å². The Kier molecular flexibility index (Phi) is 8.32. The van der Waals surface area contributed by atoms with Gasteiger partial charge in [0.2, 0.25) is 0 Å². The Bertz CT molecular complexity index is 867. The van der Waals surface area contributed by atoms with E-state index in [1.165, 1.54) is 11.3 Å². The van der Waals surface area contributed by atoms with Gasteiger partial charge in [-0.3, -0.25) is 4.99 Å². The highest BCUT2D eigenvalue weighted by Crippen LogP contribution is 2.15. The van der Waals surface area contributed by atoms with Crippen LogP contribution in [0.3, 0.4) is 0 Å². The van der Waals surface area contributed by atoms with Gasteiger partial charge in [0.05, 0.1) is 10.6 Å². The summed E-state index contributed by atoms with van der Waals surface area (Å²) in [5.41, 5.74) is 2.43. The molecule has 0 fully saturated rings. The molecule has 0 aromatic heterocycles. The van der Waals surface area contributed by atoms with Crippen LogP contribution in [0.15, 0.2) is 64.5 Å². The summed E-state index contributed by atoms with van der Waals surface area (Å²) in [4.78, 5) is 6.80. The van der Waals surface area contributed by atoms with Crippen molar-refractivity contribution < 1.29 is 8.42 Å². The molecule has 152 valence electrons. The van der Waals surface area contributed by atoms with E-state index >= 15 is 0 Å². The summed E-state index contributed by atoms with van der Waals surface area (Å²) in [5.74, 6) is 0.616. The molecular formula is C21H30N4O2S. The third kappa shape index (κ3) is 6.56. The average Bonchev–Trinajstić information content (AvgIpc) is 2.70. The van der Waals surface area contributed by atoms with Gasteiger partial charge in [-0.2, -0.15) is 0 Å². The number of guanidine groups is 1. The van der Waals surface area contributed by atoms with Gasteiger partial charge in [0, 0.05) is 38.9 Å². The molecule has 2 N–H and O–H groups in total. The number of sulfone groups is 1. The predicted molar refractivity (Wildman–Crippen MR) is 117 cm³/mol. The lowest BCUT2D eigenvalue weighted by Gasteiger charge is -2.24. The van der Waals surface area contributed by atoms with Gasteiger partial charge < -0.3 is 15.5 Å². The maximum atomic E-state index is 12.3. The predicted octanol–water partition coefficient (Wildman–Crippen LogP) is 2.46. The maximum absolute atomic E-state index is 12.3. The molecule has 0 bridgehead atoms. The molecule has 0 unspecified atom stereocenters. The van der Waals surface area contributed by atoms with Crippen molar-refractivity contribution in [1.29, 1.82) is 0 Å². The summed E-state index contributed by atoms with van der Waals surface area (Å²) < 4.78 is 24.6. The first-order chi connectivity index (χ1) is 13.5. The Balaban J connectivity index is 1.80. The van der Waals surface area contributed by atoms with Crippen molar-refractivity contribution in [3.8, 4) is 0 Å². The van der Waals surface area contributed by atoms with Crippen molar-refractivity contribution in [1.82, 2.24) is 10.6 Å². The highest BCUT2D eigenvalue weighted by molar-refractivity contribution is 7.91. The zero-order chi connectivity index (χ0) is 20.4. The van der Waals surface area contributed by atoms with Gasteiger partial charge in [-0.25, -0.2) is 8.42 Å². The molecule has 28 heavy (non-hydrogen) atoms. The van der Waals surface area contributed by atoms with Crippen molar-refractivity contribution in [3.05, 3.63) is 60.2 Å². The van der Waals surface area contributed by atoms with E-state index in [1.807, 2.05) is 0 Å². The zero-order valence-electron chi connectivity index (χ0n) is 16.9. The van der Waals surface area contributed by atoms with Crippen molar-refractivity contribution in [2.75, 3.05) is 43.9 Å². The smallest absolute Gasteiger partial charge is 0.191 e. The van der Waals surface area contributed by atoms with Crippen LogP contribution < -0.4 is 15.5 Å². The van der Waals surface area contributed by atoms with Crippen molar-refractivity contribution in [3.63, 3.8) is 0 Å². The number of aryl methyl sites for hydroxylation is 1. The summed E-state index contributed by atoms with van der Waals surface area (Å²) in [7, 11) is -1.62. The van der Waals surface area contributed by atoms with Crippen LogP contribution in [0.2, 0.25) is 0 Å². The highest BCUT2D eigenvalue weighted by Gasteiger charge is 2.13. The molecule has 6 nitrogen and oxygen atoms in total. The van der Waals surface area contributed by atoms with Crippen molar-refractivity contribution in [2.45, 2.75) is 18.7 Å². The standard InChI is InChI=1S/C21H30N4O2S/c1-4-25(19-10-8-9-18(2)17-19)15-13-23-21(22-3)24-14-16-28(26,27)20-11-6-5-7-12-20/h5-12,17H,4,13-16H2,1-3H3,(H2,22,23,24). The van der Waals surface area contributed by atoms with Gasteiger partial charge in [0.15, 0.2) is 15.8 Å². The second-order valence-corrected chi connectivity index (χ2v) is 8.59. The number of rotatable bonds is 9. The normalized spacial score (nSPS) is 11.9. The lowest BCUT2D eigenvalue weighted by Crippen LogP contribution is -2.43. The largest absolute Gasteiger partial charge is 0.370 e. The maximum Gasteiger partial charge on any atom is 0.191 e. The van der Waals surface area contributed by atoms with E-state index < -0.39 is 9.84 Å². The Morgan fingerprint density at radius 2 is 1.75 bits per heavy atom. The van der Waals surface area contributed by atoms with E-state index in [9.17, 15) is 8.42 Å². The molecule has 0 radical (unpaired) electrons. The summed E-state index contributed by atoms with van der Waals surface area (Å²) >= 11 is 0. The molecule has 0 amide bonds. The summed E-state index contributed by atoms with van der Waals surface area (Å²) in [6.07, 6.45) is 0. The van der Waals surface area contributed by atoms with E-state index in [0.29, 0.717) is 23.9 Å². The first kappa shape index (κ1) is 21.8. The van der Waals surface area contributed by atoms with E-state index in [0.717, 1.165) is 13.1 Å². The van der Waals surface area contributed by atoms with Crippen LogP contribution in [0, 0.1) is 6.92 Å². The average molecular weight is 403 g/mol. The van der Waals surface area contributed by atoms with Crippen LogP contribution in [-0.2, 0) is 9.84 Å². The van der Waals surface area contributed by atoms with Crippen molar-refractivity contribution >= 4 is 21.5 Å². The van der Waals surface area contributed by atoms with Crippen LogP contribution in [-0.4, -0.2) is 53.4 Å².